The molecule has 1 amide bonds. The van der Waals surface area contributed by atoms with Gasteiger partial charge in [-0.2, -0.15) is 13.2 Å². The Morgan fingerprint density at radius 1 is 1.04 bits per heavy atom. The normalized spacial score (nSPS) is 15.6. The van der Waals surface area contributed by atoms with Crippen molar-refractivity contribution in [2.75, 3.05) is 6.61 Å². The van der Waals surface area contributed by atoms with Crippen LogP contribution in [0.5, 0.6) is 0 Å². The number of hydrogen-bond donors (Lipinski definition) is 1. The summed E-state index contributed by atoms with van der Waals surface area (Å²) in [6, 6.07) is 15.2. The first kappa shape index (κ1) is 21.5. The standard InChI is InChI=1S/C10H11NO2.C8H7F3.C2H6/c12-10-11-9(7-13-10)6-8-4-2-1-3-5-8;1-6-2-4-7(5-3-6)8(9,10)11;1-2/h1-5,9H,6-7H2,(H,11,12);2-5H,1H3;1-2H3/t9-;;/m1../s1. The van der Waals surface area contributed by atoms with Crippen LogP contribution in [-0.4, -0.2) is 18.7 Å². The molecule has 3 rings (SSSR count). The molecule has 1 heterocycles. The summed E-state index contributed by atoms with van der Waals surface area (Å²) in [6.07, 6.45) is -3.68. The maximum absolute atomic E-state index is 11.9. The molecule has 2 aromatic rings. The molecule has 0 saturated carbocycles. The van der Waals surface area contributed by atoms with Crippen LogP contribution in [0.15, 0.2) is 54.6 Å². The first-order valence-corrected chi connectivity index (χ1v) is 8.45. The van der Waals surface area contributed by atoms with E-state index in [2.05, 4.69) is 5.32 Å². The maximum atomic E-state index is 11.9. The number of nitrogens with one attached hydrogen (secondary N) is 1. The molecule has 6 heteroatoms. The Morgan fingerprint density at radius 3 is 2.08 bits per heavy atom. The highest BCUT2D eigenvalue weighted by molar-refractivity contribution is 5.69. The molecule has 1 fully saturated rings. The number of amides is 1. The number of alkyl carbamates (subject to hydrolysis) is 1. The third-order valence-corrected chi connectivity index (χ3v) is 3.44. The van der Waals surface area contributed by atoms with Crippen molar-refractivity contribution in [2.24, 2.45) is 0 Å². The number of rotatable bonds is 2. The zero-order valence-corrected chi connectivity index (χ0v) is 15.1. The van der Waals surface area contributed by atoms with Gasteiger partial charge in [-0.3, -0.25) is 0 Å². The third-order valence-electron chi connectivity index (χ3n) is 3.44. The van der Waals surface area contributed by atoms with Crippen LogP contribution in [0.25, 0.3) is 0 Å². The van der Waals surface area contributed by atoms with E-state index >= 15 is 0 Å². The molecule has 1 saturated heterocycles. The van der Waals surface area contributed by atoms with Gasteiger partial charge < -0.3 is 10.1 Å². The van der Waals surface area contributed by atoms with Gasteiger partial charge in [-0.1, -0.05) is 61.9 Å². The van der Waals surface area contributed by atoms with Gasteiger partial charge in [0.05, 0.1) is 11.6 Å². The molecule has 1 atom stereocenters. The lowest BCUT2D eigenvalue weighted by molar-refractivity contribution is -0.137. The zero-order chi connectivity index (χ0) is 19.6. The number of carbonyl (C=O) groups is 1. The van der Waals surface area contributed by atoms with Gasteiger partial charge >= 0.3 is 12.3 Å². The number of halogens is 3. The second kappa shape index (κ2) is 10.5. The van der Waals surface area contributed by atoms with E-state index in [4.69, 9.17) is 4.74 Å². The summed E-state index contributed by atoms with van der Waals surface area (Å²) < 4.78 is 40.5. The minimum absolute atomic E-state index is 0.134. The van der Waals surface area contributed by atoms with Crippen LogP contribution in [0.4, 0.5) is 18.0 Å². The van der Waals surface area contributed by atoms with Gasteiger partial charge in [0.1, 0.15) is 6.61 Å². The lowest BCUT2D eigenvalue weighted by atomic mass is 10.1. The van der Waals surface area contributed by atoms with E-state index < -0.39 is 11.7 Å². The Kier molecular flexibility index (Phi) is 8.68. The van der Waals surface area contributed by atoms with Gasteiger partial charge in [0.15, 0.2) is 0 Å². The number of hydrogen-bond acceptors (Lipinski definition) is 2. The quantitative estimate of drug-likeness (QED) is 0.774. The van der Waals surface area contributed by atoms with Gasteiger partial charge in [-0.05, 0) is 31.0 Å². The van der Waals surface area contributed by atoms with E-state index in [1.807, 2.05) is 44.2 Å². The van der Waals surface area contributed by atoms with Crippen LogP contribution in [0.1, 0.15) is 30.5 Å². The van der Waals surface area contributed by atoms with E-state index in [1.54, 1.807) is 6.92 Å². The fraction of sp³-hybridized carbons (Fsp3) is 0.350. The lowest BCUT2D eigenvalue weighted by Crippen LogP contribution is -2.28. The molecule has 2 aromatic carbocycles. The van der Waals surface area contributed by atoms with Crippen molar-refractivity contribution in [1.82, 2.24) is 5.32 Å². The molecule has 142 valence electrons. The van der Waals surface area contributed by atoms with Crippen molar-refractivity contribution in [2.45, 2.75) is 39.4 Å². The van der Waals surface area contributed by atoms with E-state index in [1.165, 1.54) is 17.7 Å². The summed E-state index contributed by atoms with van der Waals surface area (Å²) in [7, 11) is 0. The number of carbonyl (C=O) groups excluding carboxylic acids is 1. The van der Waals surface area contributed by atoms with Crippen LogP contribution in [0, 0.1) is 6.92 Å². The summed E-state index contributed by atoms with van der Waals surface area (Å²) in [5, 5.41) is 2.74. The molecule has 0 radical (unpaired) electrons. The van der Waals surface area contributed by atoms with Crippen molar-refractivity contribution in [1.29, 1.82) is 0 Å². The molecule has 26 heavy (non-hydrogen) atoms. The highest BCUT2D eigenvalue weighted by Crippen LogP contribution is 2.28. The van der Waals surface area contributed by atoms with E-state index in [0.717, 1.165) is 24.1 Å². The molecule has 0 bridgehead atoms. The van der Waals surface area contributed by atoms with Crippen molar-refractivity contribution < 1.29 is 22.7 Å². The van der Waals surface area contributed by atoms with Crippen LogP contribution < -0.4 is 5.32 Å². The second-order valence-electron chi connectivity index (χ2n) is 5.49. The molecule has 0 aliphatic carbocycles. The Hall–Kier alpha value is -2.50. The number of benzene rings is 2. The first-order valence-electron chi connectivity index (χ1n) is 8.45. The highest BCUT2D eigenvalue weighted by Gasteiger charge is 2.29. The lowest BCUT2D eigenvalue weighted by Gasteiger charge is -2.05. The average Bonchev–Trinajstić information content (AvgIpc) is 3.03. The predicted octanol–water partition coefficient (Wildman–Crippen LogP) is 5.38. The number of alkyl halides is 3. The minimum Gasteiger partial charge on any atom is -0.447 e. The summed E-state index contributed by atoms with van der Waals surface area (Å²) in [5.74, 6) is 0. The van der Waals surface area contributed by atoms with E-state index in [-0.39, 0.29) is 12.1 Å². The number of cyclic esters (lactones) is 1. The van der Waals surface area contributed by atoms with Crippen LogP contribution >= 0.6 is 0 Å². The van der Waals surface area contributed by atoms with Gasteiger partial charge in [0.25, 0.3) is 0 Å². The molecular formula is C20H24F3NO2. The Morgan fingerprint density at radius 2 is 1.62 bits per heavy atom. The third kappa shape index (κ3) is 7.59. The van der Waals surface area contributed by atoms with Crippen molar-refractivity contribution in [3.63, 3.8) is 0 Å². The predicted molar refractivity (Wildman–Crippen MR) is 95.9 cm³/mol. The van der Waals surface area contributed by atoms with Crippen molar-refractivity contribution in [3.05, 3.63) is 71.3 Å². The molecular weight excluding hydrogens is 343 g/mol. The van der Waals surface area contributed by atoms with Crippen LogP contribution in [-0.2, 0) is 17.3 Å². The smallest absolute Gasteiger partial charge is 0.416 e. The second-order valence-corrected chi connectivity index (χ2v) is 5.49. The molecule has 0 spiro atoms. The van der Waals surface area contributed by atoms with Gasteiger partial charge in [-0.25, -0.2) is 4.79 Å². The van der Waals surface area contributed by atoms with Crippen LogP contribution in [0.2, 0.25) is 0 Å². The zero-order valence-electron chi connectivity index (χ0n) is 15.1. The maximum Gasteiger partial charge on any atom is 0.416 e. The SMILES string of the molecule is CC.Cc1ccc(C(F)(F)F)cc1.O=C1N[C@H](Cc2ccccc2)CO1. The highest BCUT2D eigenvalue weighted by atomic mass is 19.4. The summed E-state index contributed by atoms with van der Waals surface area (Å²) in [6.45, 7) is 6.23. The fourth-order valence-corrected chi connectivity index (χ4v) is 2.18. The monoisotopic (exact) mass is 367 g/mol. The topological polar surface area (TPSA) is 38.3 Å². The summed E-state index contributed by atoms with van der Waals surface area (Å²) in [4.78, 5) is 10.7. The van der Waals surface area contributed by atoms with E-state index in [9.17, 15) is 18.0 Å². The van der Waals surface area contributed by atoms with Gasteiger partial charge in [0, 0.05) is 0 Å². The number of ether oxygens (including phenoxy) is 1. The Bertz CT molecular complexity index is 655. The fourth-order valence-electron chi connectivity index (χ4n) is 2.18. The summed E-state index contributed by atoms with van der Waals surface area (Å²) >= 11 is 0. The van der Waals surface area contributed by atoms with Crippen molar-refractivity contribution in [3.8, 4) is 0 Å². The summed E-state index contributed by atoms with van der Waals surface area (Å²) in [5.41, 5.74) is 1.46. The Labute approximate surface area is 152 Å². The molecule has 3 nitrogen and oxygen atoms in total. The van der Waals surface area contributed by atoms with Gasteiger partial charge in [-0.15, -0.1) is 0 Å². The molecule has 0 unspecified atom stereocenters. The molecule has 1 aliphatic rings. The van der Waals surface area contributed by atoms with Crippen LogP contribution in [0.3, 0.4) is 0 Å². The first-order chi connectivity index (χ1) is 12.3. The average molecular weight is 367 g/mol. The minimum atomic E-state index is -4.21. The van der Waals surface area contributed by atoms with Gasteiger partial charge in [0.2, 0.25) is 0 Å². The molecule has 0 aromatic heterocycles. The van der Waals surface area contributed by atoms with Crippen molar-refractivity contribution >= 4 is 6.09 Å². The molecule has 1 N–H and O–H groups in total. The van der Waals surface area contributed by atoms with E-state index in [0.29, 0.717) is 6.61 Å². The number of aryl methyl sites for hydroxylation is 1. The Balaban J connectivity index is 0.000000241. The molecule has 1 aliphatic heterocycles. The largest absolute Gasteiger partial charge is 0.447 e.